The third-order valence-corrected chi connectivity index (χ3v) is 2.53. The highest BCUT2D eigenvalue weighted by molar-refractivity contribution is 5.76. The van der Waals surface area contributed by atoms with Gasteiger partial charge < -0.3 is 19.0 Å². The second kappa shape index (κ2) is 6.15. The van der Waals surface area contributed by atoms with Crippen LogP contribution in [0.5, 0.6) is 0 Å². The molecule has 0 heterocycles. The highest BCUT2D eigenvalue weighted by Crippen LogP contribution is 2.21. The van der Waals surface area contributed by atoms with E-state index >= 15 is 0 Å². The largest absolute Gasteiger partial charge is 0.444 e. The lowest BCUT2D eigenvalue weighted by Crippen LogP contribution is -2.58. The molecule has 18 heavy (non-hydrogen) atoms. The van der Waals surface area contributed by atoms with E-state index in [2.05, 4.69) is 0 Å². The van der Waals surface area contributed by atoms with Crippen LogP contribution in [0.1, 0.15) is 27.7 Å². The van der Waals surface area contributed by atoms with Gasteiger partial charge in [0.2, 0.25) is 0 Å². The van der Waals surface area contributed by atoms with Gasteiger partial charge in [-0.1, -0.05) is 0 Å². The van der Waals surface area contributed by atoms with Crippen LogP contribution in [0.4, 0.5) is 4.79 Å². The number of methoxy groups -OCH3 is 2. The number of likely N-dealkylation sites (N-methyl/N-ethyl adjacent to an activating group) is 1. The van der Waals surface area contributed by atoms with Gasteiger partial charge in [-0.3, -0.25) is 4.90 Å². The van der Waals surface area contributed by atoms with E-state index in [1.54, 1.807) is 27.7 Å². The van der Waals surface area contributed by atoms with E-state index in [1.807, 2.05) is 0 Å². The number of rotatable bonds is 5. The molecular formula is C12H23NO5. The van der Waals surface area contributed by atoms with Gasteiger partial charge in [-0.15, -0.1) is 0 Å². The van der Waals surface area contributed by atoms with Crippen LogP contribution in [0, 0.1) is 0 Å². The molecule has 0 radical (unpaired) electrons. The number of aldehydes is 1. The monoisotopic (exact) mass is 261 g/mol. The van der Waals surface area contributed by atoms with E-state index in [4.69, 9.17) is 14.2 Å². The smallest absolute Gasteiger partial charge is 0.411 e. The maximum Gasteiger partial charge on any atom is 0.411 e. The standard InChI is InChI=1S/C12H23NO5/c1-11(2,3)18-10(15)13(5)12(4,8-14)9(16-6)17-7/h8-9H,1-7H3. The Morgan fingerprint density at radius 1 is 1.17 bits per heavy atom. The van der Waals surface area contributed by atoms with Crippen molar-refractivity contribution in [2.24, 2.45) is 0 Å². The molecule has 1 amide bonds. The molecule has 0 aliphatic carbocycles. The van der Waals surface area contributed by atoms with Crippen LogP contribution in [0.2, 0.25) is 0 Å². The van der Waals surface area contributed by atoms with Crippen LogP contribution in [-0.2, 0) is 19.0 Å². The maximum atomic E-state index is 11.9. The Labute approximate surface area is 108 Å². The van der Waals surface area contributed by atoms with Crippen LogP contribution in [0.15, 0.2) is 0 Å². The summed E-state index contributed by atoms with van der Waals surface area (Å²) in [7, 11) is 4.27. The fraction of sp³-hybridized carbons (Fsp3) is 0.833. The Balaban J connectivity index is 5.06. The SMILES string of the molecule is COC(OC)C(C)(C=O)N(C)C(=O)OC(C)(C)C. The van der Waals surface area contributed by atoms with Gasteiger partial charge in [-0.05, 0) is 27.7 Å². The van der Waals surface area contributed by atoms with E-state index in [1.165, 1.54) is 26.2 Å². The molecule has 0 aromatic rings. The molecule has 0 rings (SSSR count). The van der Waals surface area contributed by atoms with Crippen molar-refractivity contribution in [1.29, 1.82) is 0 Å². The second-order valence-electron chi connectivity index (χ2n) is 5.19. The minimum absolute atomic E-state index is 0.606. The van der Waals surface area contributed by atoms with Gasteiger partial charge >= 0.3 is 6.09 Å². The lowest BCUT2D eigenvalue weighted by Gasteiger charge is -2.38. The van der Waals surface area contributed by atoms with Gasteiger partial charge in [-0.2, -0.15) is 0 Å². The molecule has 1 atom stereocenters. The number of carbonyl (C=O) groups is 2. The van der Waals surface area contributed by atoms with Crippen molar-refractivity contribution in [1.82, 2.24) is 4.90 Å². The number of amides is 1. The van der Waals surface area contributed by atoms with E-state index in [-0.39, 0.29) is 0 Å². The molecule has 0 saturated heterocycles. The average molecular weight is 261 g/mol. The highest BCUT2D eigenvalue weighted by atomic mass is 16.7. The summed E-state index contributed by atoms with van der Waals surface area (Å²) < 4.78 is 15.3. The Morgan fingerprint density at radius 3 is 1.89 bits per heavy atom. The zero-order valence-electron chi connectivity index (χ0n) is 12.1. The number of ether oxygens (including phenoxy) is 3. The van der Waals surface area contributed by atoms with Crippen LogP contribution in [-0.4, -0.2) is 56.0 Å². The first-order valence-electron chi connectivity index (χ1n) is 5.61. The molecule has 6 nitrogen and oxygen atoms in total. The van der Waals surface area contributed by atoms with Gasteiger partial charge in [-0.25, -0.2) is 4.79 Å². The van der Waals surface area contributed by atoms with E-state index in [9.17, 15) is 9.59 Å². The molecule has 0 bridgehead atoms. The molecule has 1 unspecified atom stereocenters. The first kappa shape index (κ1) is 16.9. The molecule has 106 valence electrons. The summed E-state index contributed by atoms with van der Waals surface area (Å²) in [4.78, 5) is 24.4. The molecular weight excluding hydrogens is 238 g/mol. The number of nitrogens with zero attached hydrogens (tertiary/aromatic N) is 1. The van der Waals surface area contributed by atoms with Crippen molar-refractivity contribution in [2.75, 3.05) is 21.3 Å². The normalized spacial score (nSPS) is 15.1. The fourth-order valence-electron chi connectivity index (χ4n) is 1.39. The summed E-state index contributed by atoms with van der Waals surface area (Å²) in [6.07, 6.45) is -0.877. The Morgan fingerprint density at radius 2 is 1.61 bits per heavy atom. The van der Waals surface area contributed by atoms with E-state index in [0.717, 1.165) is 0 Å². The van der Waals surface area contributed by atoms with Crippen LogP contribution >= 0.6 is 0 Å². The van der Waals surface area contributed by atoms with E-state index < -0.39 is 23.5 Å². The molecule has 0 N–H and O–H groups in total. The minimum atomic E-state index is -1.26. The third-order valence-electron chi connectivity index (χ3n) is 2.53. The van der Waals surface area contributed by atoms with Gasteiger partial charge in [0.15, 0.2) is 12.6 Å². The third kappa shape index (κ3) is 3.96. The predicted octanol–water partition coefficient (Wildman–Crippen LogP) is 1.43. The van der Waals surface area contributed by atoms with Gasteiger partial charge in [0.05, 0.1) is 0 Å². The molecule has 0 aliphatic heterocycles. The molecule has 0 spiro atoms. The van der Waals surface area contributed by atoms with Gasteiger partial charge in [0.25, 0.3) is 0 Å². The molecule has 6 heteroatoms. The molecule has 0 aromatic heterocycles. The fourth-order valence-corrected chi connectivity index (χ4v) is 1.39. The highest BCUT2D eigenvalue weighted by Gasteiger charge is 2.43. The minimum Gasteiger partial charge on any atom is -0.444 e. The van der Waals surface area contributed by atoms with Crippen molar-refractivity contribution in [3.8, 4) is 0 Å². The van der Waals surface area contributed by atoms with Crippen LogP contribution in [0.25, 0.3) is 0 Å². The second-order valence-corrected chi connectivity index (χ2v) is 5.19. The molecule has 0 saturated carbocycles. The Kier molecular flexibility index (Phi) is 5.76. The first-order chi connectivity index (χ1) is 8.12. The topological polar surface area (TPSA) is 65.1 Å². The summed E-state index contributed by atoms with van der Waals surface area (Å²) in [6, 6.07) is 0. The van der Waals surface area contributed by atoms with Gasteiger partial charge in [0, 0.05) is 21.3 Å². The molecule has 0 aliphatic rings. The zero-order chi connectivity index (χ0) is 14.6. The Hall–Kier alpha value is -1.14. The number of carbonyl (C=O) groups excluding carboxylic acids is 2. The summed E-state index contributed by atoms with van der Waals surface area (Å²) in [5.74, 6) is 0. The maximum absolute atomic E-state index is 11.9. The van der Waals surface area contributed by atoms with Crippen molar-refractivity contribution in [3.63, 3.8) is 0 Å². The summed E-state index contributed by atoms with van der Waals surface area (Å²) in [5, 5.41) is 0. The van der Waals surface area contributed by atoms with Crippen LogP contribution < -0.4 is 0 Å². The van der Waals surface area contributed by atoms with Crippen molar-refractivity contribution in [2.45, 2.75) is 45.1 Å². The molecule has 0 aromatic carbocycles. The lowest BCUT2D eigenvalue weighted by molar-refractivity contribution is -0.176. The zero-order valence-corrected chi connectivity index (χ0v) is 12.1. The van der Waals surface area contributed by atoms with E-state index in [0.29, 0.717) is 6.29 Å². The number of hydrogen-bond acceptors (Lipinski definition) is 5. The number of hydrogen-bond donors (Lipinski definition) is 0. The average Bonchev–Trinajstić information content (AvgIpc) is 2.26. The van der Waals surface area contributed by atoms with Crippen molar-refractivity contribution >= 4 is 12.4 Å². The summed E-state index contributed by atoms with van der Waals surface area (Å²) in [6.45, 7) is 6.80. The lowest BCUT2D eigenvalue weighted by atomic mass is 10.0. The van der Waals surface area contributed by atoms with Crippen LogP contribution in [0.3, 0.4) is 0 Å². The first-order valence-corrected chi connectivity index (χ1v) is 5.61. The predicted molar refractivity (Wildman–Crippen MR) is 66.3 cm³/mol. The molecule has 0 fully saturated rings. The Bertz CT molecular complexity index is 295. The summed E-state index contributed by atoms with van der Waals surface area (Å²) >= 11 is 0. The van der Waals surface area contributed by atoms with Gasteiger partial charge in [0.1, 0.15) is 11.1 Å². The quantitative estimate of drug-likeness (QED) is 0.553. The summed E-state index contributed by atoms with van der Waals surface area (Å²) in [5.41, 5.74) is -1.89. The van der Waals surface area contributed by atoms with Crippen molar-refractivity contribution < 1.29 is 23.8 Å². The van der Waals surface area contributed by atoms with Crippen molar-refractivity contribution in [3.05, 3.63) is 0 Å².